The molecule has 8 heteroatoms. The van der Waals surface area contributed by atoms with Crippen LogP contribution in [0.1, 0.15) is 5.56 Å². The molecule has 0 saturated heterocycles. The topological polar surface area (TPSA) is 72.5 Å². The highest BCUT2D eigenvalue weighted by atomic mass is 35.5. The Balaban J connectivity index is 3.08. The van der Waals surface area contributed by atoms with Gasteiger partial charge < -0.3 is 4.74 Å². The molecule has 5 nitrogen and oxygen atoms in total. The van der Waals surface area contributed by atoms with Crippen LogP contribution in [0, 0.1) is 5.82 Å². The van der Waals surface area contributed by atoms with E-state index in [9.17, 15) is 17.6 Å². The molecule has 106 valence electrons. The van der Waals surface area contributed by atoms with Crippen molar-refractivity contribution in [3.05, 3.63) is 29.6 Å². The number of nitrogens with one attached hydrogen (secondary N) is 1. The molecule has 0 aliphatic heterocycles. The summed E-state index contributed by atoms with van der Waals surface area (Å²) in [6.07, 6.45) is 0.986. The van der Waals surface area contributed by atoms with Gasteiger partial charge in [-0.25, -0.2) is 17.6 Å². The monoisotopic (exact) mass is 309 g/mol. The molecule has 1 aromatic rings. The Labute approximate surface area is 115 Å². The van der Waals surface area contributed by atoms with E-state index in [0.717, 1.165) is 18.4 Å². The van der Waals surface area contributed by atoms with Gasteiger partial charge in [-0.3, -0.25) is 4.79 Å². The molecule has 0 bridgehead atoms. The third kappa shape index (κ3) is 4.45. The number of sulfone groups is 1. The van der Waals surface area contributed by atoms with Crippen molar-refractivity contribution in [3.8, 4) is 0 Å². The first kappa shape index (κ1) is 15.9. The van der Waals surface area contributed by atoms with E-state index in [2.05, 4.69) is 9.57 Å². The number of esters is 1. The normalized spacial score (nSPS) is 13.1. The van der Waals surface area contributed by atoms with E-state index in [0.29, 0.717) is 5.56 Å². The second-order valence-corrected chi connectivity index (χ2v) is 6.19. The number of hydrogen-bond donors (Lipinski definition) is 1. The van der Waals surface area contributed by atoms with Crippen LogP contribution >= 0.6 is 11.8 Å². The lowest BCUT2D eigenvalue weighted by Gasteiger charge is -2.12. The molecule has 0 aromatic heterocycles. The van der Waals surface area contributed by atoms with Gasteiger partial charge in [0, 0.05) is 6.26 Å². The summed E-state index contributed by atoms with van der Waals surface area (Å²) < 4.78 is 40.6. The van der Waals surface area contributed by atoms with Gasteiger partial charge in [0.1, 0.15) is 11.9 Å². The van der Waals surface area contributed by atoms with E-state index in [1.807, 2.05) is 0 Å². The molecule has 0 saturated carbocycles. The van der Waals surface area contributed by atoms with Gasteiger partial charge in [-0.1, -0.05) is 0 Å². The first-order chi connectivity index (χ1) is 8.77. The number of ether oxygens (including phenoxy) is 1. The molecule has 0 aliphatic rings. The van der Waals surface area contributed by atoms with Crippen molar-refractivity contribution >= 4 is 27.6 Å². The Hall–Kier alpha value is -1.18. The van der Waals surface area contributed by atoms with E-state index < -0.39 is 27.7 Å². The Bertz CT molecular complexity index is 576. The molecule has 0 aliphatic carbocycles. The van der Waals surface area contributed by atoms with Gasteiger partial charge in [0.2, 0.25) is 0 Å². The molecule has 1 atom stereocenters. The zero-order chi connectivity index (χ0) is 14.6. The van der Waals surface area contributed by atoms with Gasteiger partial charge in [-0.05, 0) is 42.0 Å². The van der Waals surface area contributed by atoms with E-state index >= 15 is 0 Å². The third-order valence-corrected chi connectivity index (χ3v) is 3.77. The molecule has 0 radical (unpaired) electrons. The lowest BCUT2D eigenvalue weighted by Crippen LogP contribution is -2.34. The number of rotatable bonds is 5. The molecular formula is C11H13ClFNO4S. The van der Waals surface area contributed by atoms with Crippen molar-refractivity contribution in [1.82, 2.24) is 4.84 Å². The summed E-state index contributed by atoms with van der Waals surface area (Å²) in [6.45, 7) is 0. The number of benzene rings is 1. The first-order valence-corrected chi connectivity index (χ1v) is 7.48. The van der Waals surface area contributed by atoms with Crippen LogP contribution in [0.4, 0.5) is 4.39 Å². The molecule has 1 aromatic carbocycles. The standard InChI is InChI=1S/C11H13ClFNO4S/c1-18-11(15)10(14-12)5-7-3-8(13)6-9(4-7)19(2,16)17/h3-4,6,10,14H,5H2,1-2H3/t10-/m0/s1. The molecule has 0 fully saturated rings. The van der Waals surface area contributed by atoms with Crippen molar-refractivity contribution < 1.29 is 22.3 Å². The van der Waals surface area contributed by atoms with Crippen molar-refractivity contribution in [2.24, 2.45) is 0 Å². The quantitative estimate of drug-likeness (QED) is 0.650. The molecule has 0 spiro atoms. The fraction of sp³-hybridized carbons (Fsp3) is 0.364. The largest absolute Gasteiger partial charge is 0.468 e. The highest BCUT2D eigenvalue weighted by molar-refractivity contribution is 7.90. The Morgan fingerprint density at radius 3 is 2.58 bits per heavy atom. The third-order valence-electron chi connectivity index (χ3n) is 2.42. The van der Waals surface area contributed by atoms with Crippen LogP contribution in [0.5, 0.6) is 0 Å². The van der Waals surface area contributed by atoms with E-state index in [-0.39, 0.29) is 11.3 Å². The molecule has 1 rings (SSSR count). The highest BCUT2D eigenvalue weighted by Gasteiger charge is 2.20. The van der Waals surface area contributed by atoms with Crippen LogP contribution in [0.25, 0.3) is 0 Å². The zero-order valence-corrected chi connectivity index (χ0v) is 11.9. The Morgan fingerprint density at radius 2 is 2.11 bits per heavy atom. The average molecular weight is 310 g/mol. The number of methoxy groups -OCH3 is 1. The average Bonchev–Trinajstić information content (AvgIpc) is 2.33. The first-order valence-electron chi connectivity index (χ1n) is 5.21. The lowest BCUT2D eigenvalue weighted by atomic mass is 10.1. The second-order valence-electron chi connectivity index (χ2n) is 3.96. The van der Waals surface area contributed by atoms with Crippen molar-refractivity contribution in [1.29, 1.82) is 0 Å². The fourth-order valence-corrected chi connectivity index (χ4v) is 2.36. The van der Waals surface area contributed by atoms with E-state index in [4.69, 9.17) is 11.8 Å². The van der Waals surface area contributed by atoms with Gasteiger partial charge in [-0.15, -0.1) is 0 Å². The second kappa shape index (κ2) is 6.31. The van der Waals surface area contributed by atoms with E-state index in [1.165, 1.54) is 13.2 Å². The summed E-state index contributed by atoms with van der Waals surface area (Å²) in [5.41, 5.74) is 0.323. The minimum absolute atomic E-state index is 0.0104. The van der Waals surface area contributed by atoms with Crippen LogP contribution in [-0.2, 0) is 25.8 Å². The van der Waals surface area contributed by atoms with Crippen LogP contribution in [0.3, 0.4) is 0 Å². The predicted octanol–water partition coefficient (Wildman–Crippen LogP) is 1.06. The van der Waals surface area contributed by atoms with Crippen LogP contribution in [0.15, 0.2) is 23.1 Å². The lowest BCUT2D eigenvalue weighted by molar-refractivity contribution is -0.142. The van der Waals surface area contributed by atoms with Crippen molar-refractivity contribution in [2.45, 2.75) is 17.4 Å². The maximum Gasteiger partial charge on any atom is 0.324 e. The Morgan fingerprint density at radius 1 is 1.47 bits per heavy atom. The molecule has 19 heavy (non-hydrogen) atoms. The highest BCUT2D eigenvalue weighted by Crippen LogP contribution is 2.16. The number of carbonyl (C=O) groups is 1. The Kier molecular flexibility index (Phi) is 5.28. The molecule has 0 amide bonds. The minimum Gasteiger partial charge on any atom is -0.468 e. The summed E-state index contributed by atoms with van der Waals surface area (Å²) >= 11 is 5.40. The zero-order valence-electron chi connectivity index (χ0n) is 10.3. The summed E-state index contributed by atoms with van der Waals surface area (Å²) in [5, 5.41) is 0. The van der Waals surface area contributed by atoms with Gasteiger partial charge in [0.05, 0.1) is 12.0 Å². The van der Waals surface area contributed by atoms with Gasteiger partial charge in [0.15, 0.2) is 9.84 Å². The maximum absolute atomic E-state index is 13.4. The summed E-state index contributed by atoms with van der Waals surface area (Å²) in [6, 6.07) is 2.46. The van der Waals surface area contributed by atoms with Gasteiger partial charge >= 0.3 is 5.97 Å². The van der Waals surface area contributed by atoms with Crippen molar-refractivity contribution in [3.63, 3.8) is 0 Å². The van der Waals surface area contributed by atoms with Crippen molar-refractivity contribution in [2.75, 3.05) is 13.4 Å². The molecule has 1 N–H and O–H groups in total. The van der Waals surface area contributed by atoms with Crippen LogP contribution in [-0.4, -0.2) is 33.8 Å². The predicted molar refractivity (Wildman–Crippen MR) is 68.0 cm³/mol. The smallest absolute Gasteiger partial charge is 0.324 e. The maximum atomic E-state index is 13.4. The minimum atomic E-state index is -3.53. The molecular weight excluding hydrogens is 297 g/mol. The molecule has 0 unspecified atom stereocenters. The summed E-state index contributed by atoms with van der Waals surface area (Å²) in [4.78, 5) is 13.4. The number of halogens is 2. The van der Waals surface area contributed by atoms with E-state index in [1.54, 1.807) is 0 Å². The number of hydrogen-bond acceptors (Lipinski definition) is 5. The van der Waals surface area contributed by atoms with Gasteiger partial charge in [-0.2, -0.15) is 0 Å². The SMILES string of the molecule is COC(=O)[C@H](Cc1cc(F)cc(S(C)(=O)=O)c1)NCl. The fourth-order valence-electron chi connectivity index (χ4n) is 1.50. The van der Waals surface area contributed by atoms with Crippen LogP contribution < -0.4 is 4.84 Å². The molecule has 0 heterocycles. The summed E-state index contributed by atoms with van der Waals surface area (Å²) in [5.74, 6) is -1.32. The summed E-state index contributed by atoms with van der Waals surface area (Å²) in [7, 11) is -2.33. The number of carbonyl (C=O) groups excluding carboxylic acids is 1. The van der Waals surface area contributed by atoms with Gasteiger partial charge in [0.25, 0.3) is 0 Å². The van der Waals surface area contributed by atoms with Crippen LogP contribution in [0.2, 0.25) is 0 Å².